The molecule has 1 atom stereocenters. The van der Waals surface area contributed by atoms with E-state index in [-0.39, 0.29) is 24.0 Å². The van der Waals surface area contributed by atoms with Crippen LogP contribution in [0.15, 0.2) is 47.7 Å². The second-order valence-electron chi connectivity index (χ2n) is 6.89. The molecule has 144 valence electrons. The van der Waals surface area contributed by atoms with Gasteiger partial charge in [-0.05, 0) is 31.2 Å². The molecule has 5 nitrogen and oxygen atoms in total. The van der Waals surface area contributed by atoms with Crippen molar-refractivity contribution in [1.82, 2.24) is 20.2 Å². The number of aliphatic imine (C=N–C) groups is 1. The van der Waals surface area contributed by atoms with Crippen molar-refractivity contribution in [3.05, 3.63) is 54.1 Å². The van der Waals surface area contributed by atoms with Gasteiger partial charge in [0, 0.05) is 32.0 Å². The Bertz CT molecular complexity index is 651. The van der Waals surface area contributed by atoms with Gasteiger partial charge in [0.15, 0.2) is 5.96 Å². The van der Waals surface area contributed by atoms with Crippen LogP contribution in [0.2, 0.25) is 0 Å². The van der Waals surface area contributed by atoms with E-state index in [0.717, 1.165) is 31.2 Å². The first-order valence-electron chi connectivity index (χ1n) is 9.09. The monoisotopic (exact) mass is 469 g/mol. The van der Waals surface area contributed by atoms with Crippen LogP contribution in [0, 0.1) is 5.92 Å². The lowest BCUT2D eigenvalue weighted by Gasteiger charge is -2.18. The SMILES string of the molecule is CN=C(NCc1nccn1CC(C)C)NC(C)CCc1ccccc1.I. The molecule has 0 amide bonds. The summed E-state index contributed by atoms with van der Waals surface area (Å²) in [5.74, 6) is 2.46. The molecule has 1 aromatic heterocycles. The molecule has 1 aromatic carbocycles. The second kappa shape index (κ2) is 11.9. The van der Waals surface area contributed by atoms with Gasteiger partial charge in [0.25, 0.3) is 0 Å². The summed E-state index contributed by atoms with van der Waals surface area (Å²) in [6, 6.07) is 10.9. The van der Waals surface area contributed by atoms with Crippen molar-refractivity contribution >= 4 is 29.9 Å². The molecular weight excluding hydrogens is 437 g/mol. The first-order chi connectivity index (χ1) is 12.1. The molecular formula is C20H32IN5. The van der Waals surface area contributed by atoms with E-state index in [1.807, 2.05) is 12.4 Å². The quantitative estimate of drug-likeness (QED) is 0.351. The van der Waals surface area contributed by atoms with Crippen molar-refractivity contribution < 1.29 is 0 Å². The Balaban J connectivity index is 0.00000338. The molecule has 26 heavy (non-hydrogen) atoms. The van der Waals surface area contributed by atoms with Crippen molar-refractivity contribution in [3.8, 4) is 0 Å². The van der Waals surface area contributed by atoms with E-state index >= 15 is 0 Å². The number of benzene rings is 1. The summed E-state index contributed by atoms with van der Waals surface area (Å²) >= 11 is 0. The minimum Gasteiger partial charge on any atom is -0.354 e. The van der Waals surface area contributed by atoms with Crippen LogP contribution in [0.5, 0.6) is 0 Å². The molecule has 0 saturated heterocycles. The third-order valence-electron chi connectivity index (χ3n) is 4.09. The largest absolute Gasteiger partial charge is 0.354 e. The number of hydrogen-bond donors (Lipinski definition) is 2. The number of aromatic nitrogens is 2. The van der Waals surface area contributed by atoms with Gasteiger partial charge in [-0.2, -0.15) is 0 Å². The van der Waals surface area contributed by atoms with Gasteiger partial charge in [0.05, 0.1) is 6.54 Å². The lowest BCUT2D eigenvalue weighted by atomic mass is 10.1. The number of rotatable bonds is 8. The van der Waals surface area contributed by atoms with E-state index in [1.165, 1.54) is 5.56 Å². The van der Waals surface area contributed by atoms with Crippen LogP contribution in [0.4, 0.5) is 0 Å². The smallest absolute Gasteiger partial charge is 0.191 e. The maximum atomic E-state index is 4.45. The molecule has 0 bridgehead atoms. The summed E-state index contributed by atoms with van der Waals surface area (Å²) in [6.45, 7) is 8.27. The van der Waals surface area contributed by atoms with Gasteiger partial charge >= 0.3 is 0 Å². The van der Waals surface area contributed by atoms with Crippen LogP contribution in [0.25, 0.3) is 0 Å². The average Bonchev–Trinajstić information content (AvgIpc) is 3.04. The highest BCUT2D eigenvalue weighted by atomic mass is 127. The molecule has 2 rings (SSSR count). The van der Waals surface area contributed by atoms with E-state index in [2.05, 4.69) is 76.3 Å². The van der Waals surface area contributed by atoms with Gasteiger partial charge in [0.1, 0.15) is 5.82 Å². The fraction of sp³-hybridized carbons (Fsp3) is 0.500. The zero-order chi connectivity index (χ0) is 18.1. The lowest BCUT2D eigenvalue weighted by Crippen LogP contribution is -2.42. The Morgan fingerprint density at radius 2 is 1.92 bits per heavy atom. The zero-order valence-electron chi connectivity index (χ0n) is 16.3. The van der Waals surface area contributed by atoms with Crippen molar-refractivity contribution in [1.29, 1.82) is 0 Å². The molecule has 2 N–H and O–H groups in total. The van der Waals surface area contributed by atoms with E-state index in [0.29, 0.717) is 18.5 Å². The Morgan fingerprint density at radius 3 is 2.58 bits per heavy atom. The van der Waals surface area contributed by atoms with Crippen molar-refractivity contribution in [2.24, 2.45) is 10.9 Å². The van der Waals surface area contributed by atoms with Gasteiger partial charge in [-0.1, -0.05) is 44.2 Å². The predicted octanol–water partition coefficient (Wildman–Crippen LogP) is 3.84. The number of nitrogens with zero attached hydrogens (tertiary/aromatic N) is 3. The van der Waals surface area contributed by atoms with Crippen LogP contribution in [-0.2, 0) is 19.5 Å². The van der Waals surface area contributed by atoms with Crippen LogP contribution in [-0.4, -0.2) is 28.6 Å². The number of hydrogen-bond acceptors (Lipinski definition) is 2. The molecule has 0 radical (unpaired) electrons. The highest BCUT2D eigenvalue weighted by molar-refractivity contribution is 14.0. The van der Waals surface area contributed by atoms with Crippen molar-refractivity contribution in [2.45, 2.75) is 52.7 Å². The summed E-state index contributed by atoms with van der Waals surface area (Å²) in [6.07, 6.45) is 6.02. The van der Waals surface area contributed by atoms with Crippen LogP contribution >= 0.6 is 24.0 Å². The minimum atomic E-state index is 0. The highest BCUT2D eigenvalue weighted by Gasteiger charge is 2.08. The van der Waals surface area contributed by atoms with Gasteiger partial charge in [-0.3, -0.25) is 4.99 Å². The summed E-state index contributed by atoms with van der Waals surface area (Å²) < 4.78 is 2.20. The second-order valence-corrected chi connectivity index (χ2v) is 6.89. The molecule has 0 fully saturated rings. The van der Waals surface area contributed by atoms with Gasteiger partial charge in [0.2, 0.25) is 0 Å². The van der Waals surface area contributed by atoms with Crippen LogP contribution in [0.1, 0.15) is 38.6 Å². The van der Waals surface area contributed by atoms with Gasteiger partial charge in [-0.15, -0.1) is 24.0 Å². The van der Waals surface area contributed by atoms with E-state index < -0.39 is 0 Å². The summed E-state index contributed by atoms with van der Waals surface area (Å²) in [5.41, 5.74) is 1.37. The maximum Gasteiger partial charge on any atom is 0.191 e. The van der Waals surface area contributed by atoms with E-state index in [4.69, 9.17) is 0 Å². The molecule has 1 unspecified atom stereocenters. The predicted molar refractivity (Wildman–Crippen MR) is 120 cm³/mol. The number of guanidine groups is 1. The topological polar surface area (TPSA) is 54.2 Å². The van der Waals surface area contributed by atoms with Crippen LogP contribution < -0.4 is 10.6 Å². The minimum absolute atomic E-state index is 0. The Hall–Kier alpha value is -1.57. The Kier molecular flexibility index (Phi) is 10.3. The van der Waals surface area contributed by atoms with E-state index in [1.54, 1.807) is 7.05 Å². The number of aryl methyl sites for hydroxylation is 1. The molecule has 0 aliphatic heterocycles. The average molecular weight is 469 g/mol. The van der Waals surface area contributed by atoms with E-state index in [9.17, 15) is 0 Å². The van der Waals surface area contributed by atoms with Crippen molar-refractivity contribution in [3.63, 3.8) is 0 Å². The fourth-order valence-electron chi connectivity index (χ4n) is 2.76. The molecule has 2 aromatic rings. The summed E-state index contributed by atoms with van der Waals surface area (Å²) in [4.78, 5) is 8.78. The third kappa shape index (κ3) is 7.76. The number of imidazole rings is 1. The molecule has 0 spiro atoms. The first kappa shape index (κ1) is 22.5. The summed E-state index contributed by atoms with van der Waals surface area (Å²) in [5, 5.41) is 6.83. The molecule has 0 aliphatic carbocycles. The van der Waals surface area contributed by atoms with Crippen molar-refractivity contribution in [2.75, 3.05) is 7.05 Å². The molecule has 0 aliphatic rings. The molecule has 6 heteroatoms. The molecule has 1 heterocycles. The number of halogens is 1. The normalized spacial score (nSPS) is 12.6. The lowest BCUT2D eigenvalue weighted by molar-refractivity contribution is 0.502. The zero-order valence-corrected chi connectivity index (χ0v) is 18.6. The maximum absolute atomic E-state index is 4.45. The Morgan fingerprint density at radius 1 is 1.19 bits per heavy atom. The van der Waals surface area contributed by atoms with Gasteiger partial charge < -0.3 is 15.2 Å². The van der Waals surface area contributed by atoms with Crippen LogP contribution in [0.3, 0.4) is 0 Å². The highest BCUT2D eigenvalue weighted by Crippen LogP contribution is 2.05. The standard InChI is InChI=1S/C20H31N5.HI/c1-16(2)15-25-13-12-22-19(25)14-23-20(21-4)24-17(3)10-11-18-8-6-5-7-9-18;/h5-9,12-13,16-17H,10-11,14-15H2,1-4H3,(H2,21,23,24);1H. The first-order valence-corrected chi connectivity index (χ1v) is 9.09. The molecule has 0 saturated carbocycles. The van der Waals surface area contributed by atoms with Gasteiger partial charge in [-0.25, -0.2) is 4.98 Å². The third-order valence-corrected chi connectivity index (χ3v) is 4.09. The number of nitrogens with one attached hydrogen (secondary N) is 2. The fourth-order valence-corrected chi connectivity index (χ4v) is 2.76. The Labute approximate surface area is 174 Å². The summed E-state index contributed by atoms with van der Waals surface area (Å²) in [7, 11) is 1.81.